The first-order chi connectivity index (χ1) is 8.94. The Morgan fingerprint density at radius 3 is 2.47 bits per heavy atom. The van der Waals surface area contributed by atoms with E-state index < -0.39 is 5.60 Å². The van der Waals surface area contributed by atoms with Gasteiger partial charge in [0, 0.05) is 19.6 Å². The van der Waals surface area contributed by atoms with Crippen molar-refractivity contribution >= 4 is 5.82 Å². The fourth-order valence-electron chi connectivity index (χ4n) is 1.84. The molecule has 0 aliphatic heterocycles. The van der Waals surface area contributed by atoms with Crippen LogP contribution in [0.2, 0.25) is 0 Å². The standard InChI is InChI=1S/C14H26N4O/c1-5-7-15-13-9-16-12(8-17-13)10-18(6-2)11-14(3,4)19/h8-9,19H,5-7,10-11H2,1-4H3,(H,15,17). The van der Waals surface area contributed by atoms with Crippen molar-refractivity contribution in [2.24, 2.45) is 0 Å². The van der Waals surface area contributed by atoms with E-state index in [0.29, 0.717) is 13.1 Å². The highest BCUT2D eigenvalue weighted by molar-refractivity contribution is 5.30. The van der Waals surface area contributed by atoms with Crippen molar-refractivity contribution < 1.29 is 5.11 Å². The minimum atomic E-state index is -0.688. The van der Waals surface area contributed by atoms with Crippen molar-refractivity contribution in [3.05, 3.63) is 18.1 Å². The van der Waals surface area contributed by atoms with Crippen molar-refractivity contribution in [1.29, 1.82) is 0 Å². The predicted molar refractivity (Wildman–Crippen MR) is 78.1 cm³/mol. The van der Waals surface area contributed by atoms with Gasteiger partial charge in [0.2, 0.25) is 0 Å². The van der Waals surface area contributed by atoms with Crippen LogP contribution in [-0.2, 0) is 6.54 Å². The van der Waals surface area contributed by atoms with E-state index in [1.54, 1.807) is 12.4 Å². The summed E-state index contributed by atoms with van der Waals surface area (Å²) in [5.74, 6) is 0.816. The van der Waals surface area contributed by atoms with Crippen LogP contribution < -0.4 is 5.32 Å². The third kappa shape index (κ3) is 6.50. The maximum absolute atomic E-state index is 9.85. The molecule has 0 aliphatic rings. The summed E-state index contributed by atoms with van der Waals surface area (Å²) in [6.07, 6.45) is 4.63. The van der Waals surface area contributed by atoms with Gasteiger partial charge in [-0.2, -0.15) is 0 Å². The molecular weight excluding hydrogens is 240 g/mol. The molecule has 0 saturated carbocycles. The van der Waals surface area contributed by atoms with E-state index in [1.165, 1.54) is 0 Å². The molecule has 0 bridgehead atoms. The van der Waals surface area contributed by atoms with E-state index in [2.05, 4.69) is 34.0 Å². The largest absolute Gasteiger partial charge is 0.389 e. The number of hydrogen-bond acceptors (Lipinski definition) is 5. The zero-order valence-corrected chi connectivity index (χ0v) is 12.5. The summed E-state index contributed by atoms with van der Waals surface area (Å²) >= 11 is 0. The molecule has 5 heteroatoms. The first-order valence-corrected chi connectivity index (χ1v) is 6.94. The Morgan fingerprint density at radius 1 is 1.26 bits per heavy atom. The molecule has 1 aromatic rings. The van der Waals surface area contributed by atoms with E-state index in [0.717, 1.165) is 31.0 Å². The second-order valence-corrected chi connectivity index (χ2v) is 5.44. The number of aliphatic hydroxyl groups is 1. The van der Waals surface area contributed by atoms with Gasteiger partial charge in [0.05, 0.1) is 23.7 Å². The second-order valence-electron chi connectivity index (χ2n) is 5.44. The Bertz CT molecular complexity index is 359. The van der Waals surface area contributed by atoms with E-state index >= 15 is 0 Å². The minimum absolute atomic E-state index is 0.626. The van der Waals surface area contributed by atoms with Crippen LogP contribution >= 0.6 is 0 Å². The van der Waals surface area contributed by atoms with E-state index in [1.807, 2.05) is 13.8 Å². The normalized spacial score (nSPS) is 11.9. The lowest BCUT2D eigenvalue weighted by molar-refractivity contribution is 0.0349. The lowest BCUT2D eigenvalue weighted by atomic mass is 10.1. The molecule has 1 aromatic heterocycles. The number of nitrogens with one attached hydrogen (secondary N) is 1. The third-order valence-corrected chi connectivity index (χ3v) is 2.70. The van der Waals surface area contributed by atoms with Crippen LogP contribution in [0.5, 0.6) is 0 Å². The van der Waals surface area contributed by atoms with Crippen LogP contribution in [-0.4, -0.2) is 45.2 Å². The van der Waals surface area contributed by atoms with Crippen LogP contribution in [0.25, 0.3) is 0 Å². The van der Waals surface area contributed by atoms with Crippen molar-refractivity contribution in [3.63, 3.8) is 0 Å². The van der Waals surface area contributed by atoms with Gasteiger partial charge < -0.3 is 10.4 Å². The average Bonchev–Trinajstić information content (AvgIpc) is 2.35. The molecule has 0 aromatic carbocycles. The predicted octanol–water partition coefficient (Wildman–Crippen LogP) is 1.89. The molecule has 2 N–H and O–H groups in total. The van der Waals surface area contributed by atoms with E-state index in [-0.39, 0.29) is 0 Å². The van der Waals surface area contributed by atoms with Crippen molar-refractivity contribution in [1.82, 2.24) is 14.9 Å². The van der Waals surface area contributed by atoms with Gasteiger partial charge in [-0.05, 0) is 26.8 Å². The topological polar surface area (TPSA) is 61.3 Å². The van der Waals surface area contributed by atoms with Gasteiger partial charge >= 0.3 is 0 Å². The summed E-state index contributed by atoms with van der Waals surface area (Å²) in [4.78, 5) is 10.9. The van der Waals surface area contributed by atoms with Gasteiger partial charge in [0.25, 0.3) is 0 Å². The molecule has 19 heavy (non-hydrogen) atoms. The van der Waals surface area contributed by atoms with E-state index in [4.69, 9.17) is 0 Å². The van der Waals surface area contributed by atoms with Crippen molar-refractivity contribution in [2.45, 2.75) is 46.3 Å². The number of hydrogen-bond donors (Lipinski definition) is 2. The summed E-state index contributed by atoms with van der Waals surface area (Å²) in [6.45, 7) is 11.0. The number of likely N-dealkylation sites (N-methyl/N-ethyl adjacent to an activating group) is 1. The molecular formula is C14H26N4O. The first-order valence-electron chi connectivity index (χ1n) is 6.94. The van der Waals surface area contributed by atoms with Crippen LogP contribution in [0.4, 0.5) is 5.82 Å². The minimum Gasteiger partial charge on any atom is -0.389 e. The maximum atomic E-state index is 9.85. The number of aromatic nitrogens is 2. The van der Waals surface area contributed by atoms with E-state index in [9.17, 15) is 5.11 Å². The van der Waals surface area contributed by atoms with Gasteiger partial charge in [-0.3, -0.25) is 9.88 Å². The Kier molecular flexibility index (Phi) is 6.18. The second kappa shape index (κ2) is 7.40. The number of rotatable bonds is 8. The monoisotopic (exact) mass is 266 g/mol. The summed E-state index contributed by atoms with van der Waals surface area (Å²) in [5.41, 5.74) is 0.236. The van der Waals surface area contributed by atoms with Gasteiger partial charge in [-0.1, -0.05) is 13.8 Å². The van der Waals surface area contributed by atoms with Gasteiger partial charge in [-0.25, -0.2) is 4.98 Å². The molecule has 0 saturated heterocycles. The Balaban J connectivity index is 2.55. The smallest absolute Gasteiger partial charge is 0.144 e. The van der Waals surface area contributed by atoms with Gasteiger partial charge in [0.15, 0.2) is 0 Å². The third-order valence-electron chi connectivity index (χ3n) is 2.70. The Labute approximate surface area is 116 Å². The molecule has 1 heterocycles. The van der Waals surface area contributed by atoms with Crippen molar-refractivity contribution in [2.75, 3.05) is 25.0 Å². The lowest BCUT2D eigenvalue weighted by Gasteiger charge is -2.27. The molecule has 1 rings (SSSR count). The summed E-state index contributed by atoms with van der Waals surface area (Å²) < 4.78 is 0. The molecule has 0 spiro atoms. The molecule has 108 valence electrons. The fourth-order valence-corrected chi connectivity index (χ4v) is 1.84. The molecule has 0 atom stereocenters. The zero-order valence-electron chi connectivity index (χ0n) is 12.5. The first kappa shape index (κ1) is 15.9. The SMILES string of the molecule is CCCNc1cnc(CN(CC)CC(C)(C)O)cn1. The van der Waals surface area contributed by atoms with Gasteiger partial charge in [0.1, 0.15) is 5.82 Å². The van der Waals surface area contributed by atoms with Crippen LogP contribution in [0.15, 0.2) is 12.4 Å². The molecule has 0 unspecified atom stereocenters. The van der Waals surface area contributed by atoms with Crippen LogP contribution in [0.3, 0.4) is 0 Å². The van der Waals surface area contributed by atoms with Crippen LogP contribution in [0.1, 0.15) is 39.8 Å². The Morgan fingerprint density at radius 2 is 2.00 bits per heavy atom. The lowest BCUT2D eigenvalue weighted by Crippen LogP contribution is -2.38. The highest BCUT2D eigenvalue weighted by Gasteiger charge is 2.17. The quantitative estimate of drug-likeness (QED) is 0.752. The molecule has 0 fully saturated rings. The Hall–Kier alpha value is -1.20. The van der Waals surface area contributed by atoms with Crippen molar-refractivity contribution in [3.8, 4) is 0 Å². The summed E-state index contributed by atoms with van der Waals surface area (Å²) in [5, 5.41) is 13.1. The highest BCUT2D eigenvalue weighted by atomic mass is 16.3. The highest BCUT2D eigenvalue weighted by Crippen LogP contribution is 2.09. The number of anilines is 1. The molecule has 0 aliphatic carbocycles. The molecule has 5 nitrogen and oxygen atoms in total. The fraction of sp³-hybridized carbons (Fsp3) is 0.714. The number of nitrogens with zero attached hydrogens (tertiary/aromatic N) is 3. The molecule has 0 radical (unpaired) electrons. The van der Waals surface area contributed by atoms with Crippen LogP contribution in [0, 0.1) is 0 Å². The maximum Gasteiger partial charge on any atom is 0.144 e. The average molecular weight is 266 g/mol. The zero-order chi connectivity index (χ0) is 14.3. The molecule has 0 amide bonds. The summed E-state index contributed by atoms with van der Waals surface area (Å²) in [7, 11) is 0. The van der Waals surface area contributed by atoms with Gasteiger partial charge in [-0.15, -0.1) is 0 Å². The summed E-state index contributed by atoms with van der Waals surface area (Å²) in [6, 6.07) is 0.